The molecule has 0 saturated carbocycles. The number of phenolic OH excluding ortho intramolecular Hbond substituents is 1. The molecule has 1 heterocycles. The highest BCUT2D eigenvalue weighted by atomic mass is 35.5. The van der Waals surface area contributed by atoms with Gasteiger partial charge in [-0.3, -0.25) is 4.79 Å². The summed E-state index contributed by atoms with van der Waals surface area (Å²) in [5, 5.41) is 12.9. The van der Waals surface area contributed by atoms with Gasteiger partial charge in [-0.1, -0.05) is 17.7 Å². The van der Waals surface area contributed by atoms with Crippen LogP contribution in [0.3, 0.4) is 0 Å². The van der Waals surface area contributed by atoms with Crippen LogP contribution in [-0.4, -0.2) is 16.4 Å². The molecule has 2 N–H and O–H groups in total. The van der Waals surface area contributed by atoms with E-state index in [2.05, 4.69) is 10.3 Å². The first-order valence-electron chi connectivity index (χ1n) is 6.43. The smallest absolute Gasteiger partial charge is 0.232 e. The van der Waals surface area contributed by atoms with Crippen LogP contribution in [-0.2, 0) is 4.79 Å². The molecular formula is C16H11ClN2O3. The van der Waals surface area contributed by atoms with Crippen LogP contribution in [0.5, 0.6) is 5.75 Å². The van der Waals surface area contributed by atoms with Gasteiger partial charge in [-0.25, -0.2) is 4.98 Å². The van der Waals surface area contributed by atoms with Crippen LogP contribution in [0.2, 0.25) is 5.02 Å². The summed E-state index contributed by atoms with van der Waals surface area (Å²) in [4.78, 5) is 15.5. The molecule has 0 amide bonds. The van der Waals surface area contributed by atoms with E-state index >= 15 is 0 Å². The first kappa shape index (κ1) is 14.2. The fourth-order valence-corrected chi connectivity index (χ4v) is 2.09. The minimum absolute atomic E-state index is 0.127. The summed E-state index contributed by atoms with van der Waals surface area (Å²) in [7, 11) is 0. The highest BCUT2D eigenvalue weighted by Crippen LogP contribution is 2.23. The maximum atomic E-state index is 11.3. The summed E-state index contributed by atoms with van der Waals surface area (Å²) in [6.07, 6.45) is 2.11. The number of carbonyl (C=O) groups excluding carboxylic acids is 1. The van der Waals surface area contributed by atoms with E-state index in [-0.39, 0.29) is 17.2 Å². The summed E-state index contributed by atoms with van der Waals surface area (Å²) < 4.78 is 5.53. The summed E-state index contributed by atoms with van der Waals surface area (Å²) in [6, 6.07) is 11.6. The number of halogens is 1. The molecule has 0 atom stereocenters. The predicted octanol–water partition coefficient (Wildman–Crippen LogP) is 3.84. The number of fused-ring (bicyclic) bond motifs is 1. The third-order valence-electron chi connectivity index (χ3n) is 2.96. The summed E-state index contributed by atoms with van der Waals surface area (Å²) in [5.74, 6) is 0.322. The lowest BCUT2D eigenvalue weighted by Gasteiger charge is -2.01. The maximum absolute atomic E-state index is 11.3. The van der Waals surface area contributed by atoms with Crippen LogP contribution in [0.4, 0.5) is 5.69 Å². The molecular weight excluding hydrogens is 304 g/mol. The number of phenols is 1. The van der Waals surface area contributed by atoms with Crippen molar-refractivity contribution in [2.75, 3.05) is 5.32 Å². The van der Waals surface area contributed by atoms with E-state index in [9.17, 15) is 9.90 Å². The number of benzene rings is 2. The lowest BCUT2D eigenvalue weighted by Crippen LogP contribution is -1.93. The number of nitrogens with one attached hydrogen (secondary N) is 1. The number of aldehydes is 1. The fraction of sp³-hybridized carbons (Fsp3) is 0. The number of hydrogen-bond acceptors (Lipinski definition) is 5. The summed E-state index contributed by atoms with van der Waals surface area (Å²) in [5.41, 5.74) is 2.01. The van der Waals surface area contributed by atoms with Gasteiger partial charge in [0.2, 0.25) is 5.89 Å². The average Bonchev–Trinajstić information content (AvgIpc) is 2.90. The summed E-state index contributed by atoms with van der Waals surface area (Å²) in [6.45, 7) is 0. The van der Waals surface area contributed by atoms with Gasteiger partial charge >= 0.3 is 0 Å². The Morgan fingerprint density at radius 2 is 2.14 bits per heavy atom. The molecule has 0 radical (unpaired) electrons. The predicted molar refractivity (Wildman–Crippen MR) is 84.8 cm³/mol. The maximum Gasteiger partial charge on any atom is 0.232 e. The van der Waals surface area contributed by atoms with Crippen LogP contribution >= 0.6 is 11.6 Å². The van der Waals surface area contributed by atoms with Crippen molar-refractivity contribution < 1.29 is 14.3 Å². The zero-order chi connectivity index (χ0) is 15.5. The molecule has 0 aliphatic rings. The molecule has 0 bridgehead atoms. The van der Waals surface area contributed by atoms with Crippen LogP contribution in [0.15, 0.2) is 53.1 Å². The Balaban J connectivity index is 1.91. The topological polar surface area (TPSA) is 75.4 Å². The van der Waals surface area contributed by atoms with E-state index in [1.165, 1.54) is 12.3 Å². The van der Waals surface area contributed by atoms with Crippen molar-refractivity contribution in [3.8, 4) is 5.75 Å². The number of hydrogen-bond donors (Lipinski definition) is 2. The molecule has 22 heavy (non-hydrogen) atoms. The molecule has 0 aliphatic carbocycles. The number of nitrogens with zero attached hydrogens (tertiary/aromatic N) is 1. The Morgan fingerprint density at radius 1 is 1.27 bits per heavy atom. The SMILES string of the molecule is O=C/C(=C/Nc1cccc(O)c1)c1nc2cc(Cl)ccc2o1. The van der Waals surface area contributed by atoms with Gasteiger partial charge in [0.25, 0.3) is 0 Å². The zero-order valence-electron chi connectivity index (χ0n) is 11.3. The van der Waals surface area contributed by atoms with E-state index in [4.69, 9.17) is 16.0 Å². The second-order valence-electron chi connectivity index (χ2n) is 4.54. The fourth-order valence-electron chi connectivity index (χ4n) is 1.93. The van der Waals surface area contributed by atoms with Gasteiger partial charge < -0.3 is 14.8 Å². The van der Waals surface area contributed by atoms with Gasteiger partial charge in [0.05, 0.1) is 5.57 Å². The molecule has 0 unspecified atom stereocenters. The van der Waals surface area contributed by atoms with Gasteiger partial charge in [0.15, 0.2) is 11.9 Å². The van der Waals surface area contributed by atoms with Gasteiger partial charge in [-0.15, -0.1) is 0 Å². The molecule has 5 nitrogen and oxygen atoms in total. The molecule has 6 heteroatoms. The molecule has 0 saturated heterocycles. The van der Waals surface area contributed by atoms with Crippen molar-refractivity contribution in [3.05, 3.63) is 59.6 Å². The minimum atomic E-state index is 0.127. The molecule has 0 spiro atoms. The molecule has 2 aromatic carbocycles. The minimum Gasteiger partial charge on any atom is -0.508 e. The number of aromatic nitrogens is 1. The Bertz CT molecular complexity index is 871. The number of oxazole rings is 1. The van der Waals surface area contributed by atoms with Crippen LogP contribution < -0.4 is 5.32 Å². The molecule has 110 valence electrons. The van der Waals surface area contributed by atoms with Crippen LogP contribution in [0.1, 0.15) is 5.89 Å². The normalized spacial score (nSPS) is 11.6. The van der Waals surface area contributed by atoms with Gasteiger partial charge in [-0.05, 0) is 30.3 Å². The molecule has 3 aromatic rings. The second-order valence-corrected chi connectivity index (χ2v) is 4.98. The van der Waals surface area contributed by atoms with Gasteiger partial charge in [0.1, 0.15) is 11.3 Å². The Morgan fingerprint density at radius 3 is 2.91 bits per heavy atom. The standard InChI is InChI=1S/C16H11ClN2O3/c17-11-4-5-15-14(6-11)19-16(22-15)10(9-20)8-18-12-2-1-3-13(21)7-12/h1-9,18,21H/b10-8-. The van der Waals surface area contributed by atoms with Crippen molar-refractivity contribution in [2.45, 2.75) is 0 Å². The number of rotatable bonds is 4. The second kappa shape index (κ2) is 5.91. The first-order chi connectivity index (χ1) is 10.7. The average molecular weight is 315 g/mol. The van der Waals surface area contributed by atoms with Crippen molar-refractivity contribution >= 4 is 40.2 Å². The molecule has 0 fully saturated rings. The summed E-state index contributed by atoms with van der Waals surface area (Å²) >= 11 is 5.90. The lowest BCUT2D eigenvalue weighted by molar-refractivity contribution is -0.103. The molecule has 3 rings (SSSR count). The van der Waals surface area contributed by atoms with E-state index in [0.29, 0.717) is 28.1 Å². The number of anilines is 1. The highest BCUT2D eigenvalue weighted by molar-refractivity contribution is 6.31. The van der Waals surface area contributed by atoms with E-state index in [1.807, 2.05) is 0 Å². The number of carbonyl (C=O) groups is 1. The third-order valence-corrected chi connectivity index (χ3v) is 3.20. The Labute approximate surface area is 130 Å². The molecule has 1 aromatic heterocycles. The molecule has 0 aliphatic heterocycles. The monoisotopic (exact) mass is 314 g/mol. The van der Waals surface area contributed by atoms with Crippen molar-refractivity contribution in [3.63, 3.8) is 0 Å². The number of allylic oxidation sites excluding steroid dienone is 1. The lowest BCUT2D eigenvalue weighted by atomic mass is 10.3. The highest BCUT2D eigenvalue weighted by Gasteiger charge is 2.10. The quantitative estimate of drug-likeness (QED) is 0.565. The zero-order valence-corrected chi connectivity index (χ0v) is 12.0. The van der Waals surface area contributed by atoms with Gasteiger partial charge in [-0.2, -0.15) is 0 Å². The van der Waals surface area contributed by atoms with E-state index < -0.39 is 0 Å². The largest absolute Gasteiger partial charge is 0.508 e. The van der Waals surface area contributed by atoms with Crippen LogP contribution in [0.25, 0.3) is 16.7 Å². The third kappa shape index (κ3) is 2.94. The number of aromatic hydroxyl groups is 1. The van der Waals surface area contributed by atoms with E-state index in [0.717, 1.165) is 0 Å². The van der Waals surface area contributed by atoms with Gasteiger partial charge in [0, 0.05) is 23.0 Å². The van der Waals surface area contributed by atoms with E-state index in [1.54, 1.807) is 36.4 Å². The Kier molecular flexibility index (Phi) is 3.80. The van der Waals surface area contributed by atoms with Crippen molar-refractivity contribution in [1.29, 1.82) is 0 Å². The van der Waals surface area contributed by atoms with Crippen molar-refractivity contribution in [1.82, 2.24) is 4.98 Å². The first-order valence-corrected chi connectivity index (χ1v) is 6.81. The van der Waals surface area contributed by atoms with Crippen LogP contribution in [0, 0.1) is 0 Å². The van der Waals surface area contributed by atoms with Crippen molar-refractivity contribution in [2.24, 2.45) is 0 Å². The Hall–Kier alpha value is -2.79.